The van der Waals surface area contributed by atoms with Crippen LogP contribution in [0.5, 0.6) is 0 Å². The van der Waals surface area contributed by atoms with Gasteiger partial charge in [-0.05, 0) is 64.8 Å². The van der Waals surface area contributed by atoms with Gasteiger partial charge in [0.15, 0.2) is 35.5 Å². The molecule has 3 aliphatic heterocycles. The highest BCUT2D eigenvalue weighted by atomic mass is 28.4. The Hall–Kier alpha value is -3.09. The number of benzene rings is 4. The van der Waals surface area contributed by atoms with E-state index in [0.717, 1.165) is 22.3 Å². The van der Waals surface area contributed by atoms with Crippen LogP contribution in [0.15, 0.2) is 121 Å². The average molecular weight is 999 g/mol. The van der Waals surface area contributed by atoms with Crippen LogP contribution >= 0.6 is 0 Å². The fourth-order valence-electron chi connectivity index (χ4n) is 9.17. The summed E-state index contributed by atoms with van der Waals surface area (Å²) in [5.74, 6) is 0.860. The summed E-state index contributed by atoms with van der Waals surface area (Å²) >= 11 is 0. The van der Waals surface area contributed by atoms with Crippen LogP contribution < -0.4 is 0 Å². The van der Waals surface area contributed by atoms with Crippen molar-refractivity contribution in [1.82, 2.24) is 0 Å². The van der Waals surface area contributed by atoms with Crippen molar-refractivity contribution in [3.8, 4) is 0 Å². The Morgan fingerprint density at radius 3 is 1.44 bits per heavy atom. The van der Waals surface area contributed by atoms with Crippen LogP contribution in [0.2, 0.25) is 36.3 Å². The fourth-order valence-corrected chi connectivity index (χ4v) is 14.1. The van der Waals surface area contributed by atoms with Gasteiger partial charge in [0.25, 0.3) is 0 Å². The quantitative estimate of drug-likeness (QED) is 0.0914. The van der Waals surface area contributed by atoms with Crippen molar-refractivity contribution in [3.05, 3.63) is 144 Å². The molecule has 3 fully saturated rings. The van der Waals surface area contributed by atoms with Crippen molar-refractivity contribution >= 4 is 16.6 Å². The lowest BCUT2D eigenvalue weighted by molar-refractivity contribution is -0.347. The first-order valence-electron chi connectivity index (χ1n) is 25.7. The van der Waals surface area contributed by atoms with Crippen molar-refractivity contribution in [2.24, 2.45) is 23.7 Å². The first kappa shape index (κ1) is 56.2. The van der Waals surface area contributed by atoms with E-state index in [9.17, 15) is 5.11 Å². The standard InChI is InChI=1S/C29H42O5Si.C29H44O5Si/c1-20(2)29(4,5)35(6,7)34-28-26(30-18-22-14-10-8-11-15-22)21(3)25-24(32-28)19-31-27(33-25)23-16-12-9-13-17-23;1-21(2)29(4,5)35(6,7)34-28-27(32-19-24-16-12-9-13-17-24)22(3)26(30)25(33-28)20-31-18-23-14-10-8-11-15-23/h8-17,20-21,24-28H,18-19H2,1-7H3;8-17,21-22,25-28,30H,18-20H2,1-7H3/t21-,24?,25+,26?,27?,28-;22-,25?,26+,27?,28-/m00/s1. The molecule has 3 heterocycles. The molecule has 0 amide bonds. The third-order valence-corrected chi connectivity index (χ3v) is 25.5. The highest BCUT2D eigenvalue weighted by Gasteiger charge is 2.54. The first-order chi connectivity index (χ1) is 33.1. The number of fused-ring (bicyclic) bond motifs is 1. The number of hydrogen-bond acceptors (Lipinski definition) is 10. The van der Waals surface area contributed by atoms with Crippen LogP contribution in [0, 0.1) is 23.7 Å². The average Bonchev–Trinajstić information content (AvgIpc) is 3.33. The van der Waals surface area contributed by atoms with E-state index < -0.39 is 47.7 Å². The minimum atomic E-state index is -2.22. The molecule has 386 valence electrons. The number of aliphatic hydroxyl groups excluding tert-OH is 1. The normalized spacial score (nSPS) is 27.7. The van der Waals surface area contributed by atoms with Crippen LogP contribution in [0.25, 0.3) is 0 Å². The first-order valence-corrected chi connectivity index (χ1v) is 31.5. The Balaban J connectivity index is 0.000000230. The maximum Gasteiger partial charge on any atom is 0.196 e. The topological polar surface area (TPSA) is 103 Å². The van der Waals surface area contributed by atoms with E-state index in [1.165, 1.54) is 0 Å². The van der Waals surface area contributed by atoms with Crippen molar-refractivity contribution in [2.75, 3.05) is 13.2 Å². The largest absolute Gasteiger partial charge is 0.390 e. The van der Waals surface area contributed by atoms with E-state index in [0.29, 0.717) is 44.9 Å². The Labute approximate surface area is 423 Å². The molecule has 4 aromatic carbocycles. The van der Waals surface area contributed by atoms with Gasteiger partial charge in [-0.25, -0.2) is 0 Å². The smallest absolute Gasteiger partial charge is 0.196 e. The predicted octanol–water partition coefficient (Wildman–Crippen LogP) is 12.9. The Bertz CT molecular complexity index is 2080. The molecule has 3 aliphatic rings. The van der Waals surface area contributed by atoms with Gasteiger partial charge in [-0.1, -0.05) is 191 Å². The van der Waals surface area contributed by atoms with E-state index in [-0.39, 0.29) is 46.3 Å². The fraction of sp³-hybridized carbons (Fsp3) is 0.586. The summed E-state index contributed by atoms with van der Waals surface area (Å²) < 4.78 is 58.3. The highest BCUT2D eigenvalue weighted by Crippen LogP contribution is 2.48. The van der Waals surface area contributed by atoms with Gasteiger partial charge in [-0.2, -0.15) is 0 Å². The van der Waals surface area contributed by atoms with E-state index in [1.54, 1.807) is 0 Å². The second kappa shape index (κ2) is 24.8. The third kappa shape index (κ3) is 13.9. The molecule has 4 aromatic rings. The summed E-state index contributed by atoms with van der Waals surface area (Å²) in [6.07, 6.45) is -3.60. The SMILES string of the molecule is CC(C)C(C)(C)[Si](C)(C)O[C@@H]1OC(COCc2ccccc2)[C@H](O)[C@H](C)C1OCc1ccccc1.CC(C)C(C)(C)[Si](C)(C)O[C@@H]1OC2COC(c3ccccc3)O[C@@H]2[C@H](C)C1OCc1ccccc1. The zero-order valence-electron chi connectivity index (χ0n) is 44.7. The number of hydrogen-bond donors (Lipinski definition) is 1. The van der Waals surface area contributed by atoms with Gasteiger partial charge in [0.2, 0.25) is 0 Å². The molecular weight excluding hydrogens is 913 g/mol. The lowest BCUT2D eigenvalue weighted by Gasteiger charge is -2.52. The maximum absolute atomic E-state index is 11.1. The van der Waals surface area contributed by atoms with Crippen LogP contribution in [-0.4, -0.2) is 84.2 Å². The lowest BCUT2D eigenvalue weighted by Crippen LogP contribution is -2.62. The lowest BCUT2D eigenvalue weighted by atomic mass is 9.89. The van der Waals surface area contributed by atoms with E-state index in [4.69, 9.17) is 42.0 Å². The summed E-state index contributed by atoms with van der Waals surface area (Å²) in [7, 11) is -4.39. The molecule has 0 radical (unpaired) electrons. The summed E-state index contributed by atoms with van der Waals surface area (Å²) in [5.41, 5.74) is 4.33. The Morgan fingerprint density at radius 1 is 0.571 bits per heavy atom. The molecule has 0 bridgehead atoms. The molecule has 0 spiro atoms. The zero-order valence-corrected chi connectivity index (χ0v) is 46.7. The van der Waals surface area contributed by atoms with Crippen LogP contribution in [0.3, 0.4) is 0 Å². The van der Waals surface area contributed by atoms with Crippen molar-refractivity contribution in [3.63, 3.8) is 0 Å². The second-order valence-corrected chi connectivity index (χ2v) is 31.6. The van der Waals surface area contributed by atoms with Crippen LogP contribution in [0.4, 0.5) is 0 Å². The molecule has 0 saturated carbocycles. The van der Waals surface area contributed by atoms with E-state index in [1.807, 2.05) is 116 Å². The van der Waals surface area contributed by atoms with Crippen LogP contribution in [-0.2, 0) is 61.8 Å². The molecule has 0 aliphatic carbocycles. The Morgan fingerprint density at radius 2 is 0.986 bits per heavy atom. The minimum absolute atomic E-state index is 0.0267. The third-order valence-electron chi connectivity index (χ3n) is 16.5. The van der Waals surface area contributed by atoms with Gasteiger partial charge in [-0.3, -0.25) is 0 Å². The number of ether oxygens (including phenoxy) is 7. The summed E-state index contributed by atoms with van der Waals surface area (Å²) in [6, 6.07) is 40.5. The summed E-state index contributed by atoms with van der Waals surface area (Å²) in [5, 5.41) is 11.2. The Kier molecular flexibility index (Phi) is 19.9. The van der Waals surface area contributed by atoms with Crippen molar-refractivity contribution in [1.29, 1.82) is 0 Å². The molecule has 3 saturated heterocycles. The van der Waals surface area contributed by atoms with E-state index >= 15 is 0 Å². The molecule has 10 nitrogen and oxygen atoms in total. The van der Waals surface area contributed by atoms with Gasteiger partial charge in [0, 0.05) is 17.4 Å². The molecule has 1 N–H and O–H groups in total. The van der Waals surface area contributed by atoms with E-state index in [2.05, 4.69) is 101 Å². The maximum atomic E-state index is 11.1. The number of aliphatic hydroxyl groups is 1. The minimum Gasteiger partial charge on any atom is -0.390 e. The van der Waals surface area contributed by atoms with Crippen molar-refractivity contribution < 1.29 is 47.1 Å². The summed E-state index contributed by atoms with van der Waals surface area (Å²) in [4.78, 5) is 0. The second-order valence-electron chi connectivity index (χ2n) is 22.5. The molecule has 0 aromatic heterocycles. The van der Waals surface area contributed by atoms with Crippen LogP contribution in [0.1, 0.15) is 97.8 Å². The van der Waals surface area contributed by atoms with Crippen molar-refractivity contribution in [2.45, 2.75) is 181 Å². The zero-order chi connectivity index (χ0) is 50.9. The molecule has 5 unspecified atom stereocenters. The van der Waals surface area contributed by atoms with Gasteiger partial charge >= 0.3 is 0 Å². The van der Waals surface area contributed by atoms with Gasteiger partial charge in [-0.15, -0.1) is 0 Å². The number of rotatable bonds is 19. The molecule has 70 heavy (non-hydrogen) atoms. The summed E-state index contributed by atoms with van der Waals surface area (Å²) in [6.45, 7) is 33.7. The molecule has 12 heteroatoms. The monoisotopic (exact) mass is 999 g/mol. The molecule has 11 atom stereocenters. The van der Waals surface area contributed by atoms with Gasteiger partial charge < -0.3 is 47.1 Å². The molecule has 7 rings (SSSR count). The predicted molar refractivity (Wildman–Crippen MR) is 283 cm³/mol. The van der Waals surface area contributed by atoms with Gasteiger partial charge in [0.05, 0.1) is 45.2 Å². The van der Waals surface area contributed by atoms with Gasteiger partial charge in [0.1, 0.15) is 24.4 Å². The highest BCUT2D eigenvalue weighted by molar-refractivity contribution is 6.74. The molecular formula is C58H86O10Si2.